The summed E-state index contributed by atoms with van der Waals surface area (Å²) in [5.41, 5.74) is 3.02. The first-order valence-corrected chi connectivity index (χ1v) is 10.9. The molecule has 1 aliphatic heterocycles. The van der Waals surface area contributed by atoms with Gasteiger partial charge in [-0.05, 0) is 69.6 Å². The van der Waals surface area contributed by atoms with Crippen molar-refractivity contribution in [3.8, 4) is 0 Å². The van der Waals surface area contributed by atoms with Gasteiger partial charge in [0.05, 0.1) is 0 Å². The molecule has 1 heteroatoms. The Labute approximate surface area is 166 Å². The van der Waals surface area contributed by atoms with Gasteiger partial charge in [-0.3, -0.25) is 0 Å². The number of benzene rings is 1. The van der Waals surface area contributed by atoms with Gasteiger partial charge in [0, 0.05) is 5.41 Å². The highest BCUT2D eigenvalue weighted by Crippen LogP contribution is 2.48. The second-order valence-corrected chi connectivity index (χ2v) is 8.65. The second-order valence-electron chi connectivity index (χ2n) is 8.65. The van der Waals surface area contributed by atoms with Crippen molar-refractivity contribution >= 4 is 0 Å². The minimum absolute atomic E-state index is 0.0713. The van der Waals surface area contributed by atoms with E-state index < -0.39 is 0 Å². The van der Waals surface area contributed by atoms with Crippen molar-refractivity contribution in [1.82, 2.24) is 4.90 Å². The molecule has 0 bridgehead atoms. The Kier molecular flexibility index (Phi) is 7.13. The number of hydrogen-bond acceptors (Lipinski definition) is 1. The van der Waals surface area contributed by atoms with Gasteiger partial charge in [-0.25, -0.2) is 0 Å². The van der Waals surface area contributed by atoms with Gasteiger partial charge in [0.1, 0.15) is 0 Å². The minimum atomic E-state index is 0.0713. The number of nitrogens with zero attached hydrogens (tertiary/aromatic N) is 1. The number of rotatable bonds is 8. The topological polar surface area (TPSA) is 3.24 Å². The minimum Gasteiger partial charge on any atom is -0.306 e. The van der Waals surface area contributed by atoms with Crippen LogP contribution in [0, 0.1) is 11.8 Å². The summed E-state index contributed by atoms with van der Waals surface area (Å²) in [4.78, 5) is 2.47. The number of allylic oxidation sites excluding steroid dienone is 5. The molecule has 0 spiro atoms. The van der Waals surface area contributed by atoms with E-state index in [4.69, 9.17) is 6.58 Å². The maximum Gasteiger partial charge on any atom is 0.0224 e. The molecule has 1 heterocycles. The van der Waals surface area contributed by atoms with Crippen LogP contribution >= 0.6 is 0 Å². The normalized spacial score (nSPS) is 23.3. The fourth-order valence-electron chi connectivity index (χ4n) is 5.12. The van der Waals surface area contributed by atoms with Crippen molar-refractivity contribution in [2.24, 2.45) is 11.8 Å². The Morgan fingerprint density at radius 1 is 1.15 bits per heavy atom. The van der Waals surface area contributed by atoms with Gasteiger partial charge < -0.3 is 4.90 Å². The van der Waals surface area contributed by atoms with Crippen LogP contribution in [-0.2, 0) is 5.41 Å². The molecule has 3 rings (SSSR count). The molecule has 146 valence electrons. The Bertz CT molecular complexity index is 648. The van der Waals surface area contributed by atoms with Gasteiger partial charge >= 0.3 is 0 Å². The molecule has 1 saturated heterocycles. The van der Waals surface area contributed by atoms with E-state index in [1.807, 2.05) is 0 Å². The highest BCUT2D eigenvalue weighted by atomic mass is 15.1. The number of piperidine rings is 1. The SMILES string of the molecule is C=C(CC1CCN(C)CC1)C(CCCC)(c1ccccc1)C1C=CC=CC1. The van der Waals surface area contributed by atoms with Crippen molar-refractivity contribution in [1.29, 1.82) is 0 Å². The van der Waals surface area contributed by atoms with E-state index >= 15 is 0 Å². The monoisotopic (exact) mass is 363 g/mol. The summed E-state index contributed by atoms with van der Waals surface area (Å²) in [5, 5.41) is 0. The van der Waals surface area contributed by atoms with Gasteiger partial charge in [0.2, 0.25) is 0 Å². The van der Waals surface area contributed by atoms with E-state index in [9.17, 15) is 0 Å². The lowest BCUT2D eigenvalue weighted by atomic mass is 9.60. The Hall–Kier alpha value is -1.60. The molecule has 2 aliphatic rings. The average Bonchev–Trinajstić information content (AvgIpc) is 2.72. The third-order valence-corrected chi connectivity index (χ3v) is 6.83. The molecule has 0 N–H and O–H groups in total. The average molecular weight is 364 g/mol. The molecule has 0 amide bonds. The first-order valence-electron chi connectivity index (χ1n) is 10.9. The molecular formula is C26H37N. The molecule has 1 aromatic rings. The Balaban J connectivity index is 1.92. The summed E-state index contributed by atoms with van der Waals surface area (Å²) in [6.45, 7) is 9.55. The number of likely N-dealkylation sites (tertiary alicyclic amines) is 1. The van der Waals surface area contributed by atoms with Crippen LogP contribution in [0.25, 0.3) is 0 Å². The van der Waals surface area contributed by atoms with Gasteiger partial charge in [0.25, 0.3) is 0 Å². The lowest BCUT2D eigenvalue weighted by Crippen LogP contribution is -2.38. The molecule has 2 unspecified atom stereocenters. The van der Waals surface area contributed by atoms with Gasteiger partial charge in [-0.15, -0.1) is 0 Å². The molecule has 0 saturated carbocycles. The largest absolute Gasteiger partial charge is 0.306 e. The van der Waals surface area contributed by atoms with Crippen LogP contribution < -0.4 is 0 Å². The zero-order chi connectivity index (χ0) is 19.1. The maximum absolute atomic E-state index is 4.77. The lowest BCUT2D eigenvalue weighted by molar-refractivity contribution is 0.210. The molecule has 0 aromatic heterocycles. The molecule has 1 nitrogen and oxygen atoms in total. The smallest absolute Gasteiger partial charge is 0.0224 e. The van der Waals surface area contributed by atoms with E-state index in [0.717, 1.165) is 12.3 Å². The summed E-state index contributed by atoms with van der Waals surface area (Å²) in [6.07, 6.45) is 17.9. The predicted molar refractivity (Wildman–Crippen MR) is 118 cm³/mol. The number of unbranched alkanes of at least 4 members (excludes halogenated alkanes) is 1. The van der Waals surface area contributed by atoms with E-state index in [1.165, 1.54) is 62.8 Å². The molecule has 27 heavy (non-hydrogen) atoms. The fraction of sp³-hybridized carbons (Fsp3) is 0.538. The lowest BCUT2D eigenvalue weighted by Gasteiger charge is -2.44. The summed E-state index contributed by atoms with van der Waals surface area (Å²) in [6, 6.07) is 11.3. The summed E-state index contributed by atoms with van der Waals surface area (Å²) in [7, 11) is 2.25. The quantitative estimate of drug-likeness (QED) is 0.474. The third kappa shape index (κ3) is 4.63. The zero-order valence-corrected chi connectivity index (χ0v) is 17.4. The van der Waals surface area contributed by atoms with E-state index in [-0.39, 0.29) is 5.41 Å². The fourth-order valence-corrected chi connectivity index (χ4v) is 5.12. The van der Waals surface area contributed by atoms with E-state index in [2.05, 4.69) is 73.5 Å². The maximum atomic E-state index is 4.77. The summed E-state index contributed by atoms with van der Waals surface area (Å²) in [5.74, 6) is 1.32. The number of hydrogen-bond donors (Lipinski definition) is 0. The van der Waals surface area contributed by atoms with E-state index in [1.54, 1.807) is 0 Å². The van der Waals surface area contributed by atoms with Gasteiger partial charge in [-0.2, -0.15) is 0 Å². The molecule has 2 atom stereocenters. The molecule has 1 aliphatic carbocycles. The van der Waals surface area contributed by atoms with Crippen LogP contribution in [0.15, 0.2) is 66.8 Å². The van der Waals surface area contributed by atoms with Crippen LogP contribution in [-0.4, -0.2) is 25.0 Å². The van der Waals surface area contributed by atoms with E-state index in [0.29, 0.717) is 5.92 Å². The van der Waals surface area contributed by atoms with Crippen LogP contribution in [0.3, 0.4) is 0 Å². The zero-order valence-electron chi connectivity index (χ0n) is 17.4. The second kappa shape index (κ2) is 9.55. The van der Waals surface area contributed by atoms with Crippen LogP contribution in [0.1, 0.15) is 57.4 Å². The molecule has 1 aromatic carbocycles. The summed E-state index contributed by atoms with van der Waals surface area (Å²) >= 11 is 0. The Morgan fingerprint density at radius 3 is 2.52 bits per heavy atom. The third-order valence-electron chi connectivity index (χ3n) is 6.83. The molecular weight excluding hydrogens is 326 g/mol. The molecule has 1 fully saturated rings. The van der Waals surface area contributed by atoms with Gasteiger partial charge in [0.15, 0.2) is 0 Å². The summed E-state index contributed by atoms with van der Waals surface area (Å²) < 4.78 is 0. The predicted octanol–water partition coefficient (Wildman–Crippen LogP) is 6.54. The Morgan fingerprint density at radius 2 is 1.89 bits per heavy atom. The van der Waals surface area contributed by atoms with Crippen molar-refractivity contribution < 1.29 is 0 Å². The van der Waals surface area contributed by atoms with Crippen molar-refractivity contribution in [3.05, 3.63) is 72.4 Å². The highest BCUT2D eigenvalue weighted by Gasteiger charge is 2.41. The standard InChI is InChI=1S/C26H37N/c1-4-5-18-26(24-12-8-6-9-13-24,25-14-10-7-11-15-25)22(2)21-23-16-19-27(3)20-17-23/h6-14,23,25H,2,4-5,15-21H2,1,3H3. The van der Waals surface area contributed by atoms with Crippen LogP contribution in [0.5, 0.6) is 0 Å². The first kappa shape index (κ1) is 20.1. The van der Waals surface area contributed by atoms with Crippen LogP contribution in [0.4, 0.5) is 0 Å². The van der Waals surface area contributed by atoms with Crippen molar-refractivity contribution in [2.75, 3.05) is 20.1 Å². The molecule has 0 radical (unpaired) electrons. The van der Waals surface area contributed by atoms with Crippen LogP contribution in [0.2, 0.25) is 0 Å². The van der Waals surface area contributed by atoms with Gasteiger partial charge in [-0.1, -0.05) is 86.6 Å². The van der Waals surface area contributed by atoms with Crippen molar-refractivity contribution in [3.63, 3.8) is 0 Å². The first-order chi connectivity index (χ1) is 13.2. The van der Waals surface area contributed by atoms with Crippen molar-refractivity contribution in [2.45, 2.75) is 57.3 Å². The highest BCUT2D eigenvalue weighted by molar-refractivity contribution is 5.40.